The van der Waals surface area contributed by atoms with Crippen LogP contribution >= 0.6 is 0 Å². The minimum atomic E-state index is -0.117. The number of pyridine rings is 2. The van der Waals surface area contributed by atoms with E-state index in [2.05, 4.69) is 31.2 Å². The van der Waals surface area contributed by atoms with Gasteiger partial charge in [0.05, 0.1) is 36.5 Å². The summed E-state index contributed by atoms with van der Waals surface area (Å²) in [5.74, 6) is 2.44. The number of likely N-dealkylation sites (N-methyl/N-ethyl adjacent to an activating group) is 1. The second-order valence-corrected chi connectivity index (χ2v) is 10.0. The molecular weight excluding hydrogens is 486 g/mol. The van der Waals surface area contributed by atoms with Crippen LogP contribution in [0.2, 0.25) is 0 Å². The number of carbonyl (C=O) groups excluding carboxylic acids is 1. The Balaban J connectivity index is 1.18. The summed E-state index contributed by atoms with van der Waals surface area (Å²) in [6.07, 6.45) is 8.80. The van der Waals surface area contributed by atoms with Crippen LogP contribution in [0.5, 0.6) is 11.6 Å². The van der Waals surface area contributed by atoms with E-state index in [9.17, 15) is 4.79 Å². The molecule has 0 bridgehead atoms. The number of nitrogens with one attached hydrogen (secondary N) is 1. The maximum atomic E-state index is 11.7. The van der Waals surface area contributed by atoms with Crippen molar-refractivity contribution in [3.8, 4) is 11.6 Å². The monoisotopic (exact) mass is 521 g/mol. The molecule has 38 heavy (non-hydrogen) atoms. The molecule has 202 valence electrons. The molecule has 0 radical (unpaired) electrons. The van der Waals surface area contributed by atoms with Crippen LogP contribution in [0.4, 0.5) is 11.8 Å². The van der Waals surface area contributed by atoms with Gasteiger partial charge in [0.2, 0.25) is 11.8 Å². The highest BCUT2D eigenvalue weighted by atomic mass is 16.5. The van der Waals surface area contributed by atoms with E-state index >= 15 is 0 Å². The third-order valence-corrected chi connectivity index (χ3v) is 6.88. The van der Waals surface area contributed by atoms with Crippen LogP contribution in [-0.2, 0) is 9.53 Å². The van der Waals surface area contributed by atoms with Crippen molar-refractivity contribution in [1.82, 2.24) is 24.8 Å². The number of carbonyl (C=O) groups is 1. The number of aryl methyl sites for hydroxylation is 1. The Hall–Kier alpha value is -3.73. The molecule has 2 fully saturated rings. The van der Waals surface area contributed by atoms with Gasteiger partial charge in [-0.25, -0.2) is 9.97 Å². The number of ether oxygens (including phenoxy) is 3. The zero-order valence-corrected chi connectivity index (χ0v) is 22.2. The van der Waals surface area contributed by atoms with Gasteiger partial charge in [0.1, 0.15) is 11.9 Å². The molecule has 11 heteroatoms. The summed E-state index contributed by atoms with van der Waals surface area (Å²) >= 11 is 0. The molecule has 0 unspecified atom stereocenters. The van der Waals surface area contributed by atoms with Crippen LogP contribution in [0.25, 0.3) is 10.9 Å². The predicted octanol–water partition coefficient (Wildman–Crippen LogP) is 2.83. The first-order valence-corrected chi connectivity index (χ1v) is 13.1. The maximum Gasteiger partial charge on any atom is 0.259 e. The number of aromatic nitrogens is 4. The van der Waals surface area contributed by atoms with Crippen molar-refractivity contribution < 1.29 is 19.0 Å². The fraction of sp³-hybridized carbons (Fsp3) is 0.519. The van der Waals surface area contributed by atoms with Crippen molar-refractivity contribution >= 4 is 28.6 Å². The highest BCUT2D eigenvalue weighted by Crippen LogP contribution is 2.32. The smallest absolute Gasteiger partial charge is 0.259 e. The summed E-state index contributed by atoms with van der Waals surface area (Å²) in [7, 11) is 3.38. The second kappa shape index (κ2) is 11.8. The average Bonchev–Trinajstić information content (AvgIpc) is 2.94. The van der Waals surface area contributed by atoms with Gasteiger partial charge < -0.3 is 29.3 Å². The van der Waals surface area contributed by atoms with Crippen molar-refractivity contribution in [2.24, 2.45) is 0 Å². The molecule has 3 aromatic rings. The highest BCUT2D eigenvalue weighted by Gasteiger charge is 2.25. The Morgan fingerprint density at radius 2 is 1.82 bits per heavy atom. The Labute approximate surface area is 222 Å². The normalized spacial score (nSPS) is 19.7. The molecule has 0 aromatic carbocycles. The fourth-order valence-electron chi connectivity index (χ4n) is 4.63. The van der Waals surface area contributed by atoms with Gasteiger partial charge in [-0.1, -0.05) is 0 Å². The van der Waals surface area contributed by atoms with Gasteiger partial charge in [-0.2, -0.15) is 4.98 Å². The van der Waals surface area contributed by atoms with Crippen LogP contribution in [0.1, 0.15) is 31.2 Å². The summed E-state index contributed by atoms with van der Waals surface area (Å²) in [6, 6.07) is 4.40. The van der Waals surface area contributed by atoms with Crippen molar-refractivity contribution in [2.45, 2.75) is 44.8 Å². The van der Waals surface area contributed by atoms with Gasteiger partial charge >= 0.3 is 0 Å². The Morgan fingerprint density at radius 3 is 2.53 bits per heavy atom. The van der Waals surface area contributed by atoms with E-state index in [0.29, 0.717) is 30.8 Å². The topological polar surface area (TPSA) is 115 Å². The number of morpholine rings is 1. The lowest BCUT2D eigenvalue weighted by Gasteiger charge is -2.31. The zero-order valence-electron chi connectivity index (χ0n) is 22.2. The summed E-state index contributed by atoms with van der Waals surface area (Å²) in [6.45, 7) is 5.01. The van der Waals surface area contributed by atoms with Gasteiger partial charge in [0, 0.05) is 45.5 Å². The molecule has 1 aliphatic heterocycles. The summed E-state index contributed by atoms with van der Waals surface area (Å²) < 4.78 is 17.5. The van der Waals surface area contributed by atoms with Crippen molar-refractivity contribution in [3.63, 3.8) is 0 Å². The van der Waals surface area contributed by atoms with E-state index < -0.39 is 0 Å². The Kier molecular flexibility index (Phi) is 8.02. The SMILES string of the molecule is Cc1cnc2cc(N3CCOCC3)nc(OC3CCC(Nc4ncc(OCC(=O)N(C)C)cn4)CC3)c2c1. The molecule has 2 aliphatic rings. The van der Waals surface area contributed by atoms with E-state index in [1.54, 1.807) is 26.5 Å². The Morgan fingerprint density at radius 1 is 1.08 bits per heavy atom. The van der Waals surface area contributed by atoms with Crippen LogP contribution in [0.3, 0.4) is 0 Å². The van der Waals surface area contributed by atoms with Crippen LogP contribution in [0, 0.1) is 6.92 Å². The second-order valence-electron chi connectivity index (χ2n) is 10.0. The highest BCUT2D eigenvalue weighted by molar-refractivity contribution is 5.86. The number of rotatable bonds is 8. The third kappa shape index (κ3) is 6.39. The van der Waals surface area contributed by atoms with Crippen molar-refractivity contribution in [1.29, 1.82) is 0 Å². The minimum absolute atomic E-state index is 0.0394. The largest absolute Gasteiger partial charge is 0.481 e. The lowest BCUT2D eigenvalue weighted by molar-refractivity contribution is -0.130. The quantitative estimate of drug-likeness (QED) is 0.474. The maximum absolute atomic E-state index is 11.7. The molecular formula is C27H35N7O4. The van der Waals surface area contributed by atoms with E-state index in [4.69, 9.17) is 19.2 Å². The minimum Gasteiger partial charge on any atom is -0.481 e. The number of hydrogen-bond donors (Lipinski definition) is 1. The van der Waals surface area contributed by atoms with Gasteiger partial charge in [0.15, 0.2) is 12.4 Å². The van der Waals surface area contributed by atoms with Crippen LogP contribution in [0.15, 0.2) is 30.7 Å². The molecule has 1 saturated carbocycles. The molecule has 1 aliphatic carbocycles. The van der Waals surface area contributed by atoms with Gasteiger partial charge in [0.25, 0.3) is 5.91 Å². The molecule has 5 rings (SSSR count). The number of fused-ring (bicyclic) bond motifs is 1. The summed E-state index contributed by atoms with van der Waals surface area (Å²) in [5.41, 5.74) is 1.98. The molecule has 11 nitrogen and oxygen atoms in total. The summed E-state index contributed by atoms with van der Waals surface area (Å²) in [4.78, 5) is 33.7. The first-order chi connectivity index (χ1) is 18.4. The lowest BCUT2D eigenvalue weighted by atomic mass is 9.93. The summed E-state index contributed by atoms with van der Waals surface area (Å²) in [5, 5.41) is 4.36. The van der Waals surface area contributed by atoms with Gasteiger partial charge in [-0.3, -0.25) is 9.78 Å². The van der Waals surface area contributed by atoms with E-state index in [-0.39, 0.29) is 24.7 Å². The van der Waals surface area contributed by atoms with E-state index in [1.165, 1.54) is 4.90 Å². The number of anilines is 2. The number of amides is 1. The molecule has 1 amide bonds. The number of hydrogen-bond acceptors (Lipinski definition) is 10. The molecule has 1 saturated heterocycles. The Bertz CT molecular complexity index is 1240. The van der Waals surface area contributed by atoms with Crippen LogP contribution in [-0.4, -0.2) is 89.9 Å². The van der Waals surface area contributed by atoms with Gasteiger partial charge in [-0.05, 0) is 44.2 Å². The zero-order chi connectivity index (χ0) is 26.5. The standard InChI is InChI=1S/C27H35N7O4/c1-18-12-22-23(28-14-18)13-24(34-8-10-36-11-9-34)32-26(22)38-20-6-4-19(5-7-20)31-27-29-15-21(16-30-27)37-17-25(35)33(2)3/h12-16,19-20H,4-11,17H2,1-3H3,(H,29,30,31). The van der Waals surface area contributed by atoms with Crippen molar-refractivity contribution in [2.75, 3.05) is 57.2 Å². The van der Waals surface area contributed by atoms with E-state index in [1.807, 2.05) is 19.2 Å². The fourth-order valence-corrected chi connectivity index (χ4v) is 4.63. The van der Waals surface area contributed by atoms with Crippen LogP contribution < -0.4 is 19.7 Å². The lowest BCUT2D eigenvalue weighted by Crippen LogP contribution is -2.37. The van der Waals surface area contributed by atoms with Gasteiger partial charge in [-0.15, -0.1) is 0 Å². The predicted molar refractivity (Wildman–Crippen MR) is 144 cm³/mol. The number of nitrogens with zero attached hydrogens (tertiary/aromatic N) is 6. The first-order valence-electron chi connectivity index (χ1n) is 13.1. The molecule has 0 spiro atoms. The molecule has 3 aromatic heterocycles. The molecule has 0 atom stereocenters. The molecule has 4 heterocycles. The van der Waals surface area contributed by atoms with Crippen molar-refractivity contribution in [3.05, 3.63) is 36.3 Å². The molecule has 1 N–H and O–H groups in total. The first kappa shape index (κ1) is 25.9. The third-order valence-electron chi connectivity index (χ3n) is 6.88. The van der Waals surface area contributed by atoms with E-state index in [0.717, 1.165) is 61.1 Å². The average molecular weight is 522 g/mol.